The van der Waals surface area contributed by atoms with Crippen LogP contribution in [0.4, 0.5) is 10.1 Å². The van der Waals surface area contributed by atoms with E-state index in [0.29, 0.717) is 44.0 Å². The van der Waals surface area contributed by atoms with E-state index < -0.39 is 0 Å². The number of halogens is 1. The monoisotopic (exact) mass is 356 g/mol. The molecule has 0 atom stereocenters. The number of rotatable bonds is 5. The number of aryl methyl sites for hydroxylation is 1. The third-order valence-corrected chi connectivity index (χ3v) is 4.28. The van der Waals surface area contributed by atoms with Crippen LogP contribution in [0.3, 0.4) is 0 Å². The lowest BCUT2D eigenvalue weighted by molar-refractivity contribution is -0.116. The van der Waals surface area contributed by atoms with Gasteiger partial charge in [0.05, 0.1) is 24.5 Å². The number of anilines is 1. The first-order chi connectivity index (χ1) is 12.6. The van der Waals surface area contributed by atoms with Gasteiger partial charge in [0.15, 0.2) is 0 Å². The molecule has 3 rings (SSSR count). The summed E-state index contributed by atoms with van der Waals surface area (Å²) in [4.78, 5) is 26.7. The Labute approximate surface area is 151 Å². The minimum Gasteiger partial charge on any atom is -0.378 e. The number of carbonyl (C=O) groups excluding carboxylic acids is 2. The molecule has 1 heterocycles. The molecule has 1 aliphatic heterocycles. The van der Waals surface area contributed by atoms with Crippen molar-refractivity contribution in [2.75, 3.05) is 31.6 Å². The van der Waals surface area contributed by atoms with Gasteiger partial charge in [0.25, 0.3) is 5.91 Å². The lowest BCUT2D eigenvalue weighted by Gasteiger charge is -2.27. The van der Waals surface area contributed by atoms with Gasteiger partial charge < -0.3 is 15.0 Å². The van der Waals surface area contributed by atoms with Gasteiger partial charge in [-0.3, -0.25) is 9.59 Å². The van der Waals surface area contributed by atoms with Crippen LogP contribution in [0.15, 0.2) is 48.5 Å². The van der Waals surface area contributed by atoms with Crippen LogP contribution in [0.1, 0.15) is 22.3 Å². The third kappa shape index (κ3) is 4.67. The zero-order valence-corrected chi connectivity index (χ0v) is 14.4. The average Bonchev–Trinajstić information content (AvgIpc) is 2.68. The van der Waals surface area contributed by atoms with E-state index in [1.54, 1.807) is 41.3 Å². The molecule has 2 aromatic rings. The largest absolute Gasteiger partial charge is 0.378 e. The van der Waals surface area contributed by atoms with Crippen molar-refractivity contribution < 1.29 is 18.7 Å². The van der Waals surface area contributed by atoms with Crippen LogP contribution in [0.5, 0.6) is 0 Å². The second-order valence-corrected chi connectivity index (χ2v) is 6.12. The number of hydrogen-bond donors (Lipinski definition) is 1. The number of amides is 2. The lowest BCUT2D eigenvalue weighted by atomic mass is 10.1. The highest BCUT2D eigenvalue weighted by Gasteiger charge is 2.21. The molecule has 0 bridgehead atoms. The Morgan fingerprint density at radius 1 is 1.04 bits per heavy atom. The molecular formula is C20H21FN2O3. The van der Waals surface area contributed by atoms with E-state index in [1.807, 2.05) is 0 Å². The minimum atomic E-state index is -0.297. The Morgan fingerprint density at radius 2 is 1.73 bits per heavy atom. The van der Waals surface area contributed by atoms with E-state index in [-0.39, 0.29) is 24.1 Å². The zero-order valence-electron chi connectivity index (χ0n) is 14.4. The molecular weight excluding hydrogens is 335 g/mol. The number of ether oxygens (including phenoxy) is 1. The van der Waals surface area contributed by atoms with Gasteiger partial charge in [0, 0.05) is 19.5 Å². The summed E-state index contributed by atoms with van der Waals surface area (Å²) in [7, 11) is 0. The predicted octanol–water partition coefficient (Wildman–Crippen LogP) is 2.87. The summed E-state index contributed by atoms with van der Waals surface area (Å²) in [5.41, 5.74) is 1.87. The van der Waals surface area contributed by atoms with Crippen LogP contribution in [0.25, 0.3) is 0 Å². The summed E-state index contributed by atoms with van der Waals surface area (Å²) in [6.45, 7) is 2.15. The molecule has 1 saturated heterocycles. The van der Waals surface area contributed by atoms with Crippen LogP contribution in [0.2, 0.25) is 0 Å². The van der Waals surface area contributed by atoms with Gasteiger partial charge in [-0.2, -0.15) is 0 Å². The Morgan fingerprint density at radius 3 is 2.46 bits per heavy atom. The zero-order chi connectivity index (χ0) is 18.4. The molecule has 6 heteroatoms. The number of hydrogen-bond acceptors (Lipinski definition) is 3. The molecule has 26 heavy (non-hydrogen) atoms. The molecule has 1 aliphatic rings. The summed E-state index contributed by atoms with van der Waals surface area (Å²) in [6.07, 6.45) is 0.761. The van der Waals surface area contributed by atoms with Crippen LogP contribution >= 0.6 is 0 Å². The molecule has 0 unspecified atom stereocenters. The Kier molecular flexibility index (Phi) is 5.96. The second-order valence-electron chi connectivity index (χ2n) is 6.12. The summed E-state index contributed by atoms with van der Waals surface area (Å²) >= 11 is 0. The second kappa shape index (κ2) is 8.58. The van der Waals surface area contributed by atoms with E-state index in [2.05, 4.69) is 5.32 Å². The van der Waals surface area contributed by atoms with Gasteiger partial charge >= 0.3 is 0 Å². The molecule has 0 aliphatic carbocycles. The molecule has 1 N–H and O–H groups in total. The lowest BCUT2D eigenvalue weighted by Crippen LogP contribution is -2.41. The Hall–Kier alpha value is -2.73. The van der Waals surface area contributed by atoms with Crippen molar-refractivity contribution in [3.8, 4) is 0 Å². The summed E-state index contributed by atoms with van der Waals surface area (Å²) in [6, 6.07) is 13.1. The highest BCUT2D eigenvalue weighted by Crippen LogP contribution is 2.19. The van der Waals surface area contributed by atoms with Crippen molar-refractivity contribution in [1.82, 2.24) is 4.90 Å². The number of carbonyl (C=O) groups is 2. The highest BCUT2D eigenvalue weighted by molar-refractivity contribution is 6.03. The average molecular weight is 356 g/mol. The van der Waals surface area contributed by atoms with E-state index >= 15 is 0 Å². The van der Waals surface area contributed by atoms with Crippen molar-refractivity contribution in [2.45, 2.75) is 12.8 Å². The molecule has 0 saturated carbocycles. The standard InChI is InChI=1S/C20H21FN2O3/c21-16-8-5-15(6-9-16)7-10-19(24)22-18-4-2-1-3-17(18)20(25)23-11-13-26-14-12-23/h1-6,8-9H,7,10-14H2,(H,22,24). The highest BCUT2D eigenvalue weighted by atomic mass is 19.1. The Bertz CT molecular complexity index is 771. The maximum atomic E-state index is 12.9. The number of para-hydroxylation sites is 1. The molecule has 2 aromatic carbocycles. The van der Waals surface area contributed by atoms with Crippen LogP contribution in [-0.4, -0.2) is 43.0 Å². The first-order valence-electron chi connectivity index (χ1n) is 8.64. The number of nitrogens with one attached hydrogen (secondary N) is 1. The first kappa shape index (κ1) is 18.1. The maximum absolute atomic E-state index is 12.9. The number of benzene rings is 2. The molecule has 0 radical (unpaired) electrons. The number of morpholine rings is 1. The van der Waals surface area contributed by atoms with Gasteiger partial charge in [-0.15, -0.1) is 0 Å². The smallest absolute Gasteiger partial charge is 0.256 e. The van der Waals surface area contributed by atoms with Gasteiger partial charge in [0.2, 0.25) is 5.91 Å². The molecule has 0 spiro atoms. The molecule has 2 amide bonds. The van der Waals surface area contributed by atoms with Crippen molar-refractivity contribution in [3.05, 3.63) is 65.5 Å². The first-order valence-corrected chi connectivity index (χ1v) is 8.64. The van der Waals surface area contributed by atoms with E-state index in [4.69, 9.17) is 4.74 Å². The minimum absolute atomic E-state index is 0.109. The van der Waals surface area contributed by atoms with Crippen LogP contribution in [-0.2, 0) is 16.0 Å². The molecule has 136 valence electrons. The van der Waals surface area contributed by atoms with Crippen molar-refractivity contribution in [3.63, 3.8) is 0 Å². The van der Waals surface area contributed by atoms with Crippen LogP contribution < -0.4 is 5.32 Å². The van der Waals surface area contributed by atoms with Crippen LogP contribution in [0, 0.1) is 5.82 Å². The molecule has 1 fully saturated rings. The van der Waals surface area contributed by atoms with Gasteiger partial charge in [-0.25, -0.2) is 4.39 Å². The summed E-state index contributed by atoms with van der Waals surface area (Å²) in [5.74, 6) is -0.590. The quantitative estimate of drug-likeness (QED) is 0.896. The topological polar surface area (TPSA) is 58.6 Å². The fourth-order valence-corrected chi connectivity index (χ4v) is 2.84. The third-order valence-electron chi connectivity index (χ3n) is 4.28. The van der Waals surface area contributed by atoms with Gasteiger partial charge in [-0.1, -0.05) is 24.3 Å². The van der Waals surface area contributed by atoms with Crippen molar-refractivity contribution in [2.24, 2.45) is 0 Å². The maximum Gasteiger partial charge on any atom is 0.256 e. The fourth-order valence-electron chi connectivity index (χ4n) is 2.84. The summed E-state index contributed by atoms with van der Waals surface area (Å²) in [5, 5.41) is 2.82. The molecule has 5 nitrogen and oxygen atoms in total. The van der Waals surface area contributed by atoms with E-state index in [0.717, 1.165) is 5.56 Å². The Balaban J connectivity index is 1.62. The number of nitrogens with zero attached hydrogens (tertiary/aromatic N) is 1. The van der Waals surface area contributed by atoms with E-state index in [9.17, 15) is 14.0 Å². The van der Waals surface area contributed by atoms with Gasteiger partial charge in [0.1, 0.15) is 5.82 Å². The van der Waals surface area contributed by atoms with Crippen molar-refractivity contribution in [1.29, 1.82) is 0 Å². The summed E-state index contributed by atoms with van der Waals surface area (Å²) < 4.78 is 18.2. The predicted molar refractivity (Wildman–Crippen MR) is 96.5 cm³/mol. The van der Waals surface area contributed by atoms with E-state index in [1.165, 1.54) is 12.1 Å². The van der Waals surface area contributed by atoms with Gasteiger partial charge in [-0.05, 0) is 36.2 Å². The SMILES string of the molecule is O=C(CCc1ccc(F)cc1)Nc1ccccc1C(=O)N1CCOCC1. The normalized spacial score (nSPS) is 14.1. The molecule has 0 aromatic heterocycles. The fraction of sp³-hybridized carbons (Fsp3) is 0.300. The van der Waals surface area contributed by atoms with Crippen molar-refractivity contribution >= 4 is 17.5 Å².